The number of furan rings is 1. The topological polar surface area (TPSA) is 33.5 Å². The van der Waals surface area contributed by atoms with Gasteiger partial charge in [-0.05, 0) is 41.3 Å². The molecular weight excluding hydrogens is 338 g/mol. The summed E-state index contributed by atoms with van der Waals surface area (Å²) in [4.78, 5) is 14.2. The van der Waals surface area contributed by atoms with Gasteiger partial charge in [0, 0.05) is 17.9 Å². The average molecular weight is 351 g/mol. The molecule has 0 saturated heterocycles. The third-order valence-electron chi connectivity index (χ3n) is 2.95. The summed E-state index contributed by atoms with van der Waals surface area (Å²) in [6.07, 6.45) is 5.00. The fourth-order valence-corrected chi connectivity index (χ4v) is 2.63. The van der Waals surface area contributed by atoms with Crippen LogP contribution in [0, 0.1) is 0 Å². The van der Waals surface area contributed by atoms with Crippen molar-refractivity contribution in [3.05, 3.63) is 22.6 Å². The van der Waals surface area contributed by atoms with Crippen LogP contribution in [0.5, 0.6) is 0 Å². The van der Waals surface area contributed by atoms with Crippen LogP contribution >= 0.6 is 31.9 Å². The molecule has 1 aromatic heterocycles. The highest BCUT2D eigenvalue weighted by atomic mass is 79.9. The van der Waals surface area contributed by atoms with Crippen molar-refractivity contribution in [3.63, 3.8) is 0 Å². The minimum absolute atomic E-state index is 0.0600. The summed E-state index contributed by atoms with van der Waals surface area (Å²) in [7, 11) is 0. The Balaban J connectivity index is 2.13. The second-order valence-electron chi connectivity index (χ2n) is 3.88. The number of hydrogen-bond acceptors (Lipinski definition) is 2. The Bertz CT molecular complexity index is 374. The Labute approximate surface area is 111 Å². The second-order valence-corrected chi connectivity index (χ2v) is 5.39. The summed E-state index contributed by atoms with van der Waals surface area (Å²) in [5.74, 6) is 0.0600. The first-order chi connectivity index (χ1) is 7.74. The number of alkyl halides is 1. The lowest BCUT2D eigenvalue weighted by atomic mass is 9.91. The van der Waals surface area contributed by atoms with Crippen LogP contribution in [0.3, 0.4) is 0 Å². The highest BCUT2D eigenvalue weighted by Crippen LogP contribution is 2.28. The zero-order valence-corrected chi connectivity index (χ0v) is 12.0. The van der Waals surface area contributed by atoms with E-state index in [-0.39, 0.29) is 5.91 Å². The highest BCUT2D eigenvalue weighted by molar-refractivity contribution is 9.10. The molecule has 0 unspecified atom stereocenters. The molecule has 0 spiro atoms. The van der Waals surface area contributed by atoms with Crippen LogP contribution in [-0.2, 0) is 0 Å². The number of nitrogens with zero attached hydrogens (tertiary/aromatic N) is 1. The zero-order valence-electron chi connectivity index (χ0n) is 8.79. The lowest BCUT2D eigenvalue weighted by molar-refractivity contribution is 0.0597. The average Bonchev–Trinajstić information content (AvgIpc) is 2.60. The highest BCUT2D eigenvalue weighted by Gasteiger charge is 2.30. The Morgan fingerprint density at radius 2 is 2.31 bits per heavy atom. The number of hydrogen-bond donors (Lipinski definition) is 0. The van der Waals surface area contributed by atoms with Crippen molar-refractivity contribution in [1.82, 2.24) is 4.90 Å². The van der Waals surface area contributed by atoms with E-state index < -0.39 is 0 Å². The minimum Gasteiger partial charge on any atom is -0.457 e. The molecule has 1 heterocycles. The molecule has 88 valence electrons. The zero-order chi connectivity index (χ0) is 11.5. The molecule has 0 aliphatic heterocycles. The molecule has 0 radical (unpaired) electrons. The van der Waals surface area contributed by atoms with Crippen molar-refractivity contribution in [1.29, 1.82) is 0 Å². The summed E-state index contributed by atoms with van der Waals surface area (Å²) in [5.41, 5.74) is 0.618. The van der Waals surface area contributed by atoms with Crippen molar-refractivity contribution in [2.75, 3.05) is 11.9 Å². The Kier molecular flexibility index (Phi) is 4.08. The fraction of sp³-hybridized carbons (Fsp3) is 0.545. The summed E-state index contributed by atoms with van der Waals surface area (Å²) in [5, 5.41) is 0.810. The first-order valence-corrected chi connectivity index (χ1v) is 7.25. The molecule has 0 N–H and O–H groups in total. The van der Waals surface area contributed by atoms with E-state index in [1.807, 2.05) is 4.90 Å². The summed E-state index contributed by atoms with van der Waals surface area (Å²) < 4.78 is 5.63. The lowest BCUT2D eigenvalue weighted by Gasteiger charge is -2.37. The van der Waals surface area contributed by atoms with Crippen LogP contribution in [0.1, 0.15) is 29.6 Å². The van der Waals surface area contributed by atoms with Gasteiger partial charge >= 0.3 is 0 Å². The van der Waals surface area contributed by atoms with Gasteiger partial charge < -0.3 is 9.32 Å². The quantitative estimate of drug-likeness (QED) is 0.779. The maximum Gasteiger partial charge on any atom is 0.258 e. The van der Waals surface area contributed by atoms with Crippen molar-refractivity contribution >= 4 is 37.8 Å². The van der Waals surface area contributed by atoms with Gasteiger partial charge in [-0.2, -0.15) is 0 Å². The molecule has 0 bridgehead atoms. The Morgan fingerprint density at radius 1 is 1.56 bits per heavy atom. The molecular formula is C11H13Br2NO2. The second kappa shape index (κ2) is 5.36. The van der Waals surface area contributed by atoms with Gasteiger partial charge in [0.25, 0.3) is 5.91 Å². The normalized spacial score (nSPS) is 15.9. The number of carbonyl (C=O) groups excluding carboxylic acids is 1. The van der Waals surface area contributed by atoms with Crippen molar-refractivity contribution in [3.8, 4) is 0 Å². The SMILES string of the molecule is O=C(c1ccoc1Br)N(CCBr)C1CCC1. The van der Waals surface area contributed by atoms with Gasteiger partial charge in [0.1, 0.15) is 0 Å². The van der Waals surface area contributed by atoms with E-state index in [0.717, 1.165) is 24.7 Å². The van der Waals surface area contributed by atoms with Gasteiger partial charge in [0.2, 0.25) is 0 Å². The van der Waals surface area contributed by atoms with Crippen LogP contribution in [0.25, 0.3) is 0 Å². The molecule has 1 aliphatic carbocycles. The molecule has 1 aliphatic rings. The molecule has 5 heteroatoms. The van der Waals surface area contributed by atoms with E-state index >= 15 is 0 Å². The maximum absolute atomic E-state index is 12.3. The van der Waals surface area contributed by atoms with E-state index in [1.54, 1.807) is 6.07 Å². The molecule has 3 nitrogen and oxygen atoms in total. The van der Waals surface area contributed by atoms with Gasteiger partial charge in [-0.3, -0.25) is 4.79 Å². The van der Waals surface area contributed by atoms with Crippen molar-refractivity contribution < 1.29 is 9.21 Å². The van der Waals surface area contributed by atoms with Gasteiger partial charge in [-0.25, -0.2) is 0 Å². The van der Waals surface area contributed by atoms with Crippen LogP contribution in [0.15, 0.2) is 21.4 Å². The van der Waals surface area contributed by atoms with Crippen molar-refractivity contribution in [2.45, 2.75) is 25.3 Å². The van der Waals surface area contributed by atoms with E-state index in [0.29, 0.717) is 16.3 Å². The first kappa shape index (κ1) is 12.2. The van der Waals surface area contributed by atoms with Crippen LogP contribution in [-0.4, -0.2) is 28.7 Å². The number of rotatable bonds is 4. The van der Waals surface area contributed by atoms with Gasteiger partial charge in [-0.15, -0.1) is 0 Å². The molecule has 0 aromatic carbocycles. The summed E-state index contributed by atoms with van der Waals surface area (Å²) in [6.45, 7) is 0.751. The van der Waals surface area contributed by atoms with Crippen molar-refractivity contribution in [2.24, 2.45) is 0 Å². The maximum atomic E-state index is 12.3. The molecule has 0 atom stereocenters. The minimum atomic E-state index is 0.0600. The standard InChI is InChI=1S/C11H13Br2NO2/c12-5-6-14(8-2-1-3-8)11(15)9-4-7-16-10(9)13/h4,7-8H,1-3,5-6H2. The summed E-state index contributed by atoms with van der Waals surface area (Å²) in [6, 6.07) is 2.12. The first-order valence-electron chi connectivity index (χ1n) is 5.34. The Hall–Kier alpha value is -0.290. The molecule has 16 heavy (non-hydrogen) atoms. The smallest absolute Gasteiger partial charge is 0.258 e. The van der Waals surface area contributed by atoms with Gasteiger partial charge in [0.15, 0.2) is 4.67 Å². The van der Waals surface area contributed by atoms with E-state index in [1.165, 1.54) is 12.7 Å². The predicted molar refractivity (Wildman–Crippen MR) is 68.9 cm³/mol. The predicted octanol–water partition coefficient (Wildman–Crippen LogP) is 3.43. The number of amides is 1. The monoisotopic (exact) mass is 349 g/mol. The molecule has 1 fully saturated rings. The lowest BCUT2D eigenvalue weighted by Crippen LogP contribution is -2.45. The largest absolute Gasteiger partial charge is 0.457 e. The van der Waals surface area contributed by atoms with Gasteiger partial charge in [-0.1, -0.05) is 15.9 Å². The molecule has 1 saturated carbocycles. The molecule has 1 aromatic rings. The molecule has 2 rings (SSSR count). The Morgan fingerprint density at radius 3 is 2.75 bits per heavy atom. The summed E-state index contributed by atoms with van der Waals surface area (Å²) >= 11 is 6.64. The van der Waals surface area contributed by atoms with Crippen LogP contribution < -0.4 is 0 Å². The third-order valence-corrected chi connectivity index (χ3v) is 3.92. The van der Waals surface area contributed by atoms with E-state index in [2.05, 4.69) is 31.9 Å². The molecule has 1 amide bonds. The van der Waals surface area contributed by atoms with Crippen LogP contribution in [0.2, 0.25) is 0 Å². The van der Waals surface area contributed by atoms with Gasteiger partial charge in [0.05, 0.1) is 11.8 Å². The van der Waals surface area contributed by atoms with E-state index in [4.69, 9.17) is 4.42 Å². The number of carbonyl (C=O) groups is 1. The third kappa shape index (κ3) is 2.35. The fourth-order valence-electron chi connectivity index (χ4n) is 1.84. The number of halogens is 2. The van der Waals surface area contributed by atoms with Crippen LogP contribution in [0.4, 0.5) is 0 Å². The van der Waals surface area contributed by atoms with E-state index in [9.17, 15) is 4.79 Å².